The Morgan fingerprint density at radius 3 is 2.12 bits per heavy atom. The van der Waals surface area contributed by atoms with Crippen molar-refractivity contribution < 1.29 is 9.47 Å². The zero-order chi connectivity index (χ0) is 19.0. The molecule has 5 nitrogen and oxygen atoms in total. The van der Waals surface area contributed by atoms with E-state index in [2.05, 4.69) is 29.5 Å². The average Bonchev–Trinajstić information content (AvgIpc) is 2.66. The lowest BCUT2D eigenvalue weighted by Crippen LogP contribution is -2.22. The number of aromatic nitrogens is 1. The van der Waals surface area contributed by atoms with Gasteiger partial charge in [-0.1, -0.05) is 20.3 Å². The van der Waals surface area contributed by atoms with Crippen LogP contribution in [0.3, 0.4) is 0 Å². The van der Waals surface area contributed by atoms with Gasteiger partial charge in [0.2, 0.25) is 11.8 Å². The number of nitrogens with one attached hydrogen (secondary N) is 2. The monoisotopic (exact) mass is 365 g/mol. The highest BCUT2D eigenvalue weighted by molar-refractivity contribution is 5.28. The van der Waals surface area contributed by atoms with Gasteiger partial charge in [-0.3, -0.25) is 0 Å². The third kappa shape index (κ3) is 9.97. The predicted octanol–water partition coefficient (Wildman–Crippen LogP) is 3.82. The van der Waals surface area contributed by atoms with Gasteiger partial charge in [-0.25, -0.2) is 0 Å². The lowest BCUT2D eigenvalue weighted by atomic mass is 9.92. The molecule has 0 radical (unpaired) electrons. The van der Waals surface area contributed by atoms with E-state index in [1.54, 1.807) is 14.2 Å². The zero-order valence-corrected chi connectivity index (χ0v) is 17.3. The first-order valence-corrected chi connectivity index (χ1v) is 10.2. The molecule has 0 aliphatic heterocycles. The van der Waals surface area contributed by atoms with Crippen molar-refractivity contribution >= 4 is 0 Å². The maximum Gasteiger partial charge on any atom is 0.216 e. The highest BCUT2D eigenvalue weighted by Crippen LogP contribution is 2.23. The number of hydrogen-bond acceptors (Lipinski definition) is 5. The fraction of sp³-hybridized carbons (Fsp3) is 0.762. The van der Waals surface area contributed by atoms with Gasteiger partial charge in [0.15, 0.2) is 0 Å². The molecule has 150 valence electrons. The SMILES string of the molecule is CCCCNCCC(CCCNCCC)Cc1cc(OC)nc(OC)c1. The topological polar surface area (TPSA) is 55.4 Å². The Morgan fingerprint density at radius 1 is 0.846 bits per heavy atom. The van der Waals surface area contributed by atoms with Gasteiger partial charge in [0.05, 0.1) is 14.2 Å². The summed E-state index contributed by atoms with van der Waals surface area (Å²) in [4.78, 5) is 4.30. The summed E-state index contributed by atoms with van der Waals surface area (Å²) in [7, 11) is 3.31. The van der Waals surface area contributed by atoms with Crippen molar-refractivity contribution in [2.45, 2.75) is 58.8 Å². The number of ether oxygens (including phenoxy) is 2. The van der Waals surface area contributed by atoms with Gasteiger partial charge in [-0.05, 0) is 76.2 Å². The third-order valence-corrected chi connectivity index (χ3v) is 4.61. The normalized spacial score (nSPS) is 12.2. The largest absolute Gasteiger partial charge is 0.481 e. The minimum absolute atomic E-state index is 0.629. The highest BCUT2D eigenvalue weighted by Gasteiger charge is 2.12. The molecular formula is C21H39N3O2. The number of rotatable bonds is 16. The molecule has 0 aliphatic carbocycles. The molecule has 1 rings (SSSR count). The summed E-state index contributed by atoms with van der Waals surface area (Å²) in [6, 6.07) is 4.07. The van der Waals surface area contributed by atoms with Crippen molar-refractivity contribution in [1.29, 1.82) is 0 Å². The molecule has 1 aromatic heterocycles. The minimum atomic E-state index is 0.629. The van der Waals surface area contributed by atoms with E-state index < -0.39 is 0 Å². The quantitative estimate of drug-likeness (QED) is 0.436. The fourth-order valence-corrected chi connectivity index (χ4v) is 3.09. The molecule has 0 fully saturated rings. The van der Waals surface area contributed by atoms with Crippen LogP contribution in [0.2, 0.25) is 0 Å². The number of methoxy groups -OCH3 is 2. The standard InChI is InChI=1S/C21H39N3O2/c1-5-7-12-23-14-10-18(9-8-13-22-11-6-2)15-19-16-20(25-3)24-21(17-19)26-4/h16-18,22-23H,5-15H2,1-4H3. The Morgan fingerprint density at radius 2 is 1.50 bits per heavy atom. The summed E-state index contributed by atoms with van der Waals surface area (Å²) >= 11 is 0. The van der Waals surface area contributed by atoms with Crippen LogP contribution in [-0.2, 0) is 6.42 Å². The maximum atomic E-state index is 5.32. The van der Waals surface area contributed by atoms with Crippen LogP contribution in [0.15, 0.2) is 12.1 Å². The fourth-order valence-electron chi connectivity index (χ4n) is 3.09. The molecule has 1 unspecified atom stereocenters. The first kappa shape index (κ1) is 22.7. The van der Waals surface area contributed by atoms with Crippen LogP contribution >= 0.6 is 0 Å². The van der Waals surface area contributed by atoms with Crippen molar-refractivity contribution in [3.8, 4) is 11.8 Å². The summed E-state index contributed by atoms with van der Waals surface area (Å²) in [5.74, 6) is 1.91. The van der Waals surface area contributed by atoms with Crippen molar-refractivity contribution in [3.05, 3.63) is 17.7 Å². The van der Waals surface area contributed by atoms with E-state index in [9.17, 15) is 0 Å². The zero-order valence-electron chi connectivity index (χ0n) is 17.3. The first-order valence-electron chi connectivity index (χ1n) is 10.2. The summed E-state index contributed by atoms with van der Waals surface area (Å²) < 4.78 is 10.6. The molecule has 1 atom stereocenters. The molecule has 0 bridgehead atoms. The van der Waals surface area contributed by atoms with Crippen molar-refractivity contribution in [2.75, 3.05) is 40.4 Å². The Labute approximate surface area is 160 Å². The Balaban J connectivity index is 2.58. The van der Waals surface area contributed by atoms with Crippen LogP contribution in [0.25, 0.3) is 0 Å². The summed E-state index contributed by atoms with van der Waals surface area (Å²) in [6.45, 7) is 8.88. The molecule has 26 heavy (non-hydrogen) atoms. The summed E-state index contributed by atoms with van der Waals surface area (Å²) in [5.41, 5.74) is 1.24. The van der Waals surface area contributed by atoms with E-state index in [0.29, 0.717) is 17.7 Å². The first-order chi connectivity index (χ1) is 12.7. The van der Waals surface area contributed by atoms with Crippen LogP contribution in [0.4, 0.5) is 0 Å². The smallest absolute Gasteiger partial charge is 0.216 e. The van der Waals surface area contributed by atoms with Gasteiger partial charge in [0.1, 0.15) is 0 Å². The summed E-state index contributed by atoms with van der Waals surface area (Å²) in [6.07, 6.45) is 8.39. The third-order valence-electron chi connectivity index (χ3n) is 4.61. The van der Waals surface area contributed by atoms with E-state index in [-0.39, 0.29) is 0 Å². The average molecular weight is 366 g/mol. The van der Waals surface area contributed by atoms with E-state index in [1.807, 2.05) is 12.1 Å². The van der Waals surface area contributed by atoms with E-state index in [4.69, 9.17) is 9.47 Å². The molecule has 1 heterocycles. The van der Waals surface area contributed by atoms with Gasteiger partial charge in [0.25, 0.3) is 0 Å². The van der Waals surface area contributed by atoms with Gasteiger partial charge in [0, 0.05) is 12.1 Å². The van der Waals surface area contributed by atoms with Crippen LogP contribution in [-0.4, -0.2) is 45.4 Å². The molecule has 2 N–H and O–H groups in total. The maximum absolute atomic E-state index is 5.32. The molecule has 0 aromatic carbocycles. The Hall–Kier alpha value is -1.33. The van der Waals surface area contributed by atoms with Crippen molar-refractivity contribution in [1.82, 2.24) is 15.6 Å². The van der Waals surface area contributed by atoms with Crippen LogP contribution < -0.4 is 20.1 Å². The molecule has 0 aliphatic rings. The molecular weight excluding hydrogens is 326 g/mol. The molecule has 0 saturated carbocycles. The van der Waals surface area contributed by atoms with Crippen molar-refractivity contribution in [2.24, 2.45) is 5.92 Å². The number of nitrogens with zero attached hydrogens (tertiary/aromatic N) is 1. The van der Waals surface area contributed by atoms with Gasteiger partial charge < -0.3 is 20.1 Å². The van der Waals surface area contributed by atoms with Crippen LogP contribution in [0.5, 0.6) is 11.8 Å². The van der Waals surface area contributed by atoms with E-state index in [0.717, 1.165) is 32.6 Å². The van der Waals surface area contributed by atoms with Gasteiger partial charge in [-0.15, -0.1) is 0 Å². The molecule has 0 amide bonds. The lowest BCUT2D eigenvalue weighted by molar-refractivity contribution is 0.361. The molecule has 0 saturated heterocycles. The van der Waals surface area contributed by atoms with E-state index >= 15 is 0 Å². The Bertz CT molecular complexity index is 432. The lowest BCUT2D eigenvalue weighted by Gasteiger charge is -2.18. The van der Waals surface area contributed by atoms with Crippen molar-refractivity contribution in [3.63, 3.8) is 0 Å². The summed E-state index contributed by atoms with van der Waals surface area (Å²) in [5, 5.41) is 7.09. The van der Waals surface area contributed by atoms with Crippen LogP contribution in [0.1, 0.15) is 57.9 Å². The number of unbranched alkanes of at least 4 members (excludes halogenated alkanes) is 1. The number of hydrogen-bond donors (Lipinski definition) is 2. The predicted molar refractivity (Wildman–Crippen MR) is 109 cm³/mol. The number of pyridine rings is 1. The second-order valence-corrected chi connectivity index (χ2v) is 6.91. The molecule has 0 spiro atoms. The Kier molecular flexibility index (Phi) is 12.9. The van der Waals surface area contributed by atoms with E-state index in [1.165, 1.54) is 44.1 Å². The molecule has 5 heteroatoms. The second kappa shape index (κ2) is 14.8. The highest BCUT2D eigenvalue weighted by atomic mass is 16.5. The minimum Gasteiger partial charge on any atom is -0.481 e. The van der Waals surface area contributed by atoms with Gasteiger partial charge in [-0.2, -0.15) is 4.98 Å². The second-order valence-electron chi connectivity index (χ2n) is 6.91. The van der Waals surface area contributed by atoms with Crippen LogP contribution in [0, 0.1) is 5.92 Å². The van der Waals surface area contributed by atoms with Gasteiger partial charge >= 0.3 is 0 Å². The molecule has 1 aromatic rings.